The molecule has 144 valence electrons. The number of rotatable bonds is 4. The second-order valence-corrected chi connectivity index (χ2v) is 9.23. The number of thiophene rings is 1. The van der Waals surface area contributed by atoms with Crippen LogP contribution in [-0.2, 0) is 12.8 Å². The second-order valence-electron chi connectivity index (χ2n) is 6.38. The summed E-state index contributed by atoms with van der Waals surface area (Å²) in [7, 11) is 1.72. The molecule has 0 saturated carbocycles. The molecule has 5 rings (SSSR count). The number of fused-ring (bicyclic) bond motifs is 2. The molecule has 0 amide bonds. The minimum atomic E-state index is -0.102. The summed E-state index contributed by atoms with van der Waals surface area (Å²) in [6, 6.07) is 13.4. The topological polar surface area (TPSA) is 69.3 Å². The largest absolute Gasteiger partial charge is 0.290 e. The summed E-state index contributed by atoms with van der Waals surface area (Å²) in [6.07, 6.45) is 1.71. The Morgan fingerprint density at radius 1 is 1.10 bits per heavy atom. The third-order valence-electron chi connectivity index (χ3n) is 4.50. The summed E-state index contributed by atoms with van der Waals surface area (Å²) in [5.74, 6) is 0.465. The normalized spacial score (nSPS) is 11.5. The lowest BCUT2D eigenvalue weighted by Crippen LogP contribution is -2.19. The Labute approximate surface area is 177 Å². The van der Waals surface area contributed by atoms with Gasteiger partial charge >= 0.3 is 0 Å². The van der Waals surface area contributed by atoms with Crippen LogP contribution in [0.5, 0.6) is 0 Å². The highest BCUT2D eigenvalue weighted by molar-refractivity contribution is 7.98. The van der Waals surface area contributed by atoms with Gasteiger partial charge in [-0.05, 0) is 11.6 Å². The molecule has 9 heteroatoms. The van der Waals surface area contributed by atoms with Crippen molar-refractivity contribution in [1.29, 1.82) is 0 Å². The quantitative estimate of drug-likeness (QED) is 0.313. The molecular formula is C20H14N4O2S3. The number of nitrogens with zero attached hydrogens (tertiary/aromatic N) is 4. The summed E-state index contributed by atoms with van der Waals surface area (Å²) in [4.78, 5) is 36.6. The number of hydrogen-bond donors (Lipinski definition) is 0. The van der Waals surface area contributed by atoms with Crippen LogP contribution in [0.3, 0.4) is 0 Å². The first kappa shape index (κ1) is 18.3. The highest BCUT2D eigenvalue weighted by Crippen LogP contribution is 2.32. The molecule has 29 heavy (non-hydrogen) atoms. The van der Waals surface area contributed by atoms with E-state index in [9.17, 15) is 9.59 Å². The number of hydrogen-bond acceptors (Lipinski definition) is 7. The number of aromatic nitrogens is 4. The Morgan fingerprint density at radius 2 is 1.93 bits per heavy atom. The zero-order chi connectivity index (χ0) is 20.0. The van der Waals surface area contributed by atoms with Crippen molar-refractivity contribution in [2.24, 2.45) is 7.05 Å². The monoisotopic (exact) mass is 438 g/mol. The minimum absolute atomic E-state index is 0.0716. The number of thioether (sulfide) groups is 1. The van der Waals surface area contributed by atoms with Crippen LogP contribution in [0.1, 0.15) is 5.69 Å². The molecule has 0 bridgehead atoms. The summed E-state index contributed by atoms with van der Waals surface area (Å²) in [5, 5.41) is 3.07. The van der Waals surface area contributed by atoms with Gasteiger partial charge in [-0.1, -0.05) is 42.1 Å². The van der Waals surface area contributed by atoms with E-state index in [-0.39, 0.29) is 11.1 Å². The molecule has 0 aliphatic heterocycles. The molecule has 6 nitrogen and oxygen atoms in total. The maximum Gasteiger partial charge on any atom is 0.262 e. The lowest BCUT2D eigenvalue weighted by atomic mass is 10.2. The molecule has 5 aromatic rings. The molecule has 4 aromatic heterocycles. The van der Waals surface area contributed by atoms with Crippen LogP contribution >= 0.6 is 34.4 Å². The zero-order valence-electron chi connectivity index (χ0n) is 15.2. The Bertz CT molecular complexity index is 1460. The molecule has 1 aromatic carbocycles. The molecule has 0 spiro atoms. The van der Waals surface area contributed by atoms with Gasteiger partial charge in [0, 0.05) is 35.3 Å². The molecule has 0 fully saturated rings. The average Bonchev–Trinajstić information content (AvgIpc) is 3.38. The summed E-state index contributed by atoms with van der Waals surface area (Å²) in [6.45, 7) is 0. The number of thiazole rings is 1. The van der Waals surface area contributed by atoms with Crippen molar-refractivity contribution in [2.75, 3.05) is 0 Å². The van der Waals surface area contributed by atoms with Gasteiger partial charge in [0.2, 0.25) is 0 Å². The van der Waals surface area contributed by atoms with Crippen LogP contribution in [0, 0.1) is 0 Å². The smallest absolute Gasteiger partial charge is 0.262 e. The average molecular weight is 439 g/mol. The Kier molecular flexibility index (Phi) is 4.57. The van der Waals surface area contributed by atoms with Gasteiger partial charge in [0.25, 0.3) is 11.1 Å². The predicted octanol–water partition coefficient (Wildman–Crippen LogP) is 4.02. The first-order valence-electron chi connectivity index (χ1n) is 8.75. The van der Waals surface area contributed by atoms with Gasteiger partial charge in [0.1, 0.15) is 4.83 Å². The van der Waals surface area contributed by atoms with Gasteiger partial charge in [0.15, 0.2) is 10.1 Å². The van der Waals surface area contributed by atoms with Crippen molar-refractivity contribution in [3.63, 3.8) is 0 Å². The number of benzene rings is 1. The van der Waals surface area contributed by atoms with Crippen molar-refractivity contribution < 1.29 is 0 Å². The molecule has 0 atom stereocenters. The first-order chi connectivity index (χ1) is 14.1. The van der Waals surface area contributed by atoms with E-state index in [1.54, 1.807) is 17.8 Å². The van der Waals surface area contributed by atoms with Gasteiger partial charge in [-0.2, -0.15) is 0 Å². The van der Waals surface area contributed by atoms with E-state index in [4.69, 9.17) is 4.98 Å². The van der Waals surface area contributed by atoms with Crippen molar-refractivity contribution in [1.82, 2.24) is 18.9 Å². The van der Waals surface area contributed by atoms with E-state index in [0.29, 0.717) is 27.0 Å². The summed E-state index contributed by atoms with van der Waals surface area (Å²) in [5.41, 5.74) is 1.57. The van der Waals surface area contributed by atoms with Gasteiger partial charge in [-0.25, -0.2) is 9.97 Å². The van der Waals surface area contributed by atoms with E-state index in [1.807, 2.05) is 41.8 Å². The lowest BCUT2D eigenvalue weighted by molar-refractivity contribution is 0.727. The highest BCUT2D eigenvalue weighted by atomic mass is 32.2. The maximum atomic E-state index is 12.8. The lowest BCUT2D eigenvalue weighted by Gasteiger charge is -2.06. The van der Waals surface area contributed by atoms with E-state index in [0.717, 1.165) is 15.3 Å². The van der Waals surface area contributed by atoms with Crippen molar-refractivity contribution in [3.05, 3.63) is 80.4 Å². The molecule has 0 saturated heterocycles. The molecule has 4 heterocycles. The van der Waals surface area contributed by atoms with E-state index >= 15 is 0 Å². The van der Waals surface area contributed by atoms with E-state index in [2.05, 4.69) is 4.98 Å². The van der Waals surface area contributed by atoms with Gasteiger partial charge in [-0.15, -0.1) is 22.7 Å². The van der Waals surface area contributed by atoms with Crippen LogP contribution < -0.4 is 11.1 Å². The highest BCUT2D eigenvalue weighted by Gasteiger charge is 2.14. The minimum Gasteiger partial charge on any atom is -0.290 e. The fourth-order valence-electron chi connectivity index (χ4n) is 3.02. The first-order valence-corrected chi connectivity index (χ1v) is 11.4. The fraction of sp³-hybridized carbons (Fsp3) is 0.100. The fourth-order valence-corrected chi connectivity index (χ4v) is 5.70. The SMILES string of the molecule is Cn1c(SCc2cc(=O)n3ccsc3n2)nc2sc(-c3ccccc3)cc2c1=O. The van der Waals surface area contributed by atoms with Gasteiger partial charge in [0.05, 0.1) is 11.1 Å². The third-order valence-corrected chi connectivity index (χ3v) is 7.39. The van der Waals surface area contributed by atoms with Crippen LogP contribution in [0.2, 0.25) is 0 Å². The Morgan fingerprint density at radius 3 is 2.76 bits per heavy atom. The summed E-state index contributed by atoms with van der Waals surface area (Å²) < 4.78 is 3.08. The van der Waals surface area contributed by atoms with Gasteiger partial charge in [-0.3, -0.25) is 18.6 Å². The van der Waals surface area contributed by atoms with E-state index in [1.165, 1.54) is 44.9 Å². The standard InChI is InChI=1S/C20H14N4O2S3/c1-23-18(26)14-10-15(12-5-3-2-4-6-12)29-17(14)22-19(23)28-11-13-9-16(25)24-7-8-27-20(24)21-13/h2-10H,11H2,1H3. The third kappa shape index (κ3) is 3.31. The van der Waals surface area contributed by atoms with Gasteiger partial charge < -0.3 is 0 Å². The molecule has 0 radical (unpaired) electrons. The van der Waals surface area contributed by atoms with Crippen LogP contribution in [0.15, 0.2) is 68.8 Å². The summed E-state index contributed by atoms with van der Waals surface area (Å²) >= 11 is 4.33. The van der Waals surface area contributed by atoms with Crippen molar-refractivity contribution in [3.8, 4) is 10.4 Å². The van der Waals surface area contributed by atoms with Crippen LogP contribution in [0.25, 0.3) is 25.6 Å². The molecule has 0 aliphatic carbocycles. The molecule has 0 aliphatic rings. The molecular weight excluding hydrogens is 424 g/mol. The van der Waals surface area contributed by atoms with Crippen molar-refractivity contribution in [2.45, 2.75) is 10.9 Å². The Balaban J connectivity index is 1.50. The second kappa shape index (κ2) is 7.25. The molecule has 0 N–H and O–H groups in total. The Hall–Kier alpha value is -2.75. The maximum absolute atomic E-state index is 12.8. The van der Waals surface area contributed by atoms with E-state index < -0.39 is 0 Å². The predicted molar refractivity (Wildman–Crippen MR) is 119 cm³/mol. The van der Waals surface area contributed by atoms with Crippen LogP contribution in [-0.4, -0.2) is 18.9 Å². The van der Waals surface area contributed by atoms with Crippen molar-refractivity contribution >= 4 is 49.6 Å². The molecule has 0 unspecified atom stereocenters. The zero-order valence-corrected chi connectivity index (χ0v) is 17.7. The van der Waals surface area contributed by atoms with Crippen LogP contribution in [0.4, 0.5) is 0 Å².